The lowest BCUT2D eigenvalue weighted by Crippen LogP contribution is -2.27. The molecule has 4 rings (SSSR count). The van der Waals surface area contributed by atoms with E-state index >= 15 is 0 Å². The van der Waals surface area contributed by atoms with Crippen LogP contribution >= 0.6 is 23.4 Å². The summed E-state index contributed by atoms with van der Waals surface area (Å²) in [6.07, 6.45) is 1.66. The topological polar surface area (TPSA) is 70.4 Å². The molecule has 0 bridgehead atoms. The van der Waals surface area contributed by atoms with Crippen molar-refractivity contribution in [3.63, 3.8) is 0 Å². The summed E-state index contributed by atoms with van der Waals surface area (Å²) >= 11 is 6.81. The van der Waals surface area contributed by atoms with Crippen molar-refractivity contribution < 1.29 is 14.3 Å². The first kappa shape index (κ1) is 21.7. The van der Waals surface area contributed by atoms with E-state index in [1.54, 1.807) is 48.5 Å². The van der Waals surface area contributed by atoms with Gasteiger partial charge in [-0.05, 0) is 47.7 Å². The van der Waals surface area contributed by atoms with Crippen LogP contribution in [0.3, 0.4) is 0 Å². The molecule has 0 N–H and O–H groups in total. The SMILES string of the molecule is N#Cc1ccccc1COc1ccccc1/C=C1\SC(=O)N(Cc2ccc(Cl)cc2)C1=O. The van der Waals surface area contributed by atoms with Crippen molar-refractivity contribution in [1.29, 1.82) is 5.26 Å². The van der Waals surface area contributed by atoms with E-state index in [4.69, 9.17) is 16.3 Å². The zero-order chi connectivity index (χ0) is 22.5. The Kier molecular flexibility index (Phi) is 6.60. The van der Waals surface area contributed by atoms with Crippen molar-refractivity contribution in [3.05, 3.63) is 105 Å². The second-order valence-corrected chi connectivity index (χ2v) is 8.42. The smallest absolute Gasteiger partial charge is 0.293 e. The number of amides is 2. The maximum atomic E-state index is 12.9. The lowest BCUT2D eigenvalue weighted by Gasteiger charge is -2.12. The summed E-state index contributed by atoms with van der Waals surface area (Å²) in [6, 6.07) is 23.7. The molecule has 1 aliphatic heterocycles. The number of carbonyl (C=O) groups is 2. The van der Waals surface area contributed by atoms with Gasteiger partial charge in [-0.15, -0.1) is 0 Å². The summed E-state index contributed by atoms with van der Waals surface area (Å²) in [5.74, 6) is 0.212. The molecule has 0 unspecified atom stereocenters. The number of nitrogens with zero attached hydrogens (tertiary/aromatic N) is 2. The van der Waals surface area contributed by atoms with Crippen LogP contribution in [0.5, 0.6) is 5.75 Å². The van der Waals surface area contributed by atoms with Gasteiger partial charge in [0.15, 0.2) is 0 Å². The summed E-state index contributed by atoms with van der Waals surface area (Å²) in [7, 11) is 0. The second-order valence-electron chi connectivity index (χ2n) is 6.99. The highest BCUT2D eigenvalue weighted by molar-refractivity contribution is 8.18. The van der Waals surface area contributed by atoms with E-state index in [0.717, 1.165) is 22.9 Å². The summed E-state index contributed by atoms with van der Waals surface area (Å²) in [5, 5.41) is 9.53. The molecule has 1 fully saturated rings. The molecule has 0 radical (unpaired) electrons. The fourth-order valence-electron chi connectivity index (χ4n) is 3.19. The fraction of sp³-hybridized carbons (Fsp3) is 0.0800. The van der Waals surface area contributed by atoms with Gasteiger partial charge in [-0.3, -0.25) is 14.5 Å². The number of carbonyl (C=O) groups excluding carboxylic acids is 2. The molecule has 7 heteroatoms. The minimum atomic E-state index is -0.348. The first-order valence-electron chi connectivity index (χ1n) is 9.75. The molecule has 1 aliphatic rings. The monoisotopic (exact) mass is 460 g/mol. The number of thioether (sulfide) groups is 1. The van der Waals surface area contributed by atoms with Crippen molar-refractivity contribution >= 4 is 40.6 Å². The predicted octanol–water partition coefficient (Wildman–Crippen LogP) is 6.03. The number of rotatable bonds is 6. The van der Waals surface area contributed by atoms with Crippen molar-refractivity contribution in [2.24, 2.45) is 0 Å². The van der Waals surface area contributed by atoms with Gasteiger partial charge in [-0.25, -0.2) is 0 Å². The lowest BCUT2D eigenvalue weighted by molar-refractivity contribution is -0.123. The quantitative estimate of drug-likeness (QED) is 0.420. The number of nitriles is 1. The summed E-state index contributed by atoms with van der Waals surface area (Å²) < 4.78 is 5.94. The number of hydrogen-bond donors (Lipinski definition) is 0. The second kappa shape index (κ2) is 9.73. The van der Waals surface area contributed by atoms with Crippen LogP contribution in [-0.4, -0.2) is 16.0 Å². The number of halogens is 1. The summed E-state index contributed by atoms with van der Waals surface area (Å²) in [5.41, 5.74) is 2.82. The molecule has 0 aliphatic carbocycles. The summed E-state index contributed by atoms with van der Waals surface area (Å²) in [4.78, 5) is 26.9. The molecule has 1 heterocycles. The van der Waals surface area contributed by atoms with Crippen LogP contribution in [0.25, 0.3) is 6.08 Å². The molecule has 0 aromatic heterocycles. The normalized spacial score (nSPS) is 14.6. The molecular weight excluding hydrogens is 444 g/mol. The van der Waals surface area contributed by atoms with Gasteiger partial charge in [0.2, 0.25) is 0 Å². The first-order valence-corrected chi connectivity index (χ1v) is 10.9. The van der Waals surface area contributed by atoms with Crippen LogP contribution in [0.4, 0.5) is 4.79 Å². The van der Waals surface area contributed by atoms with Gasteiger partial charge in [-0.1, -0.05) is 60.1 Å². The van der Waals surface area contributed by atoms with Crippen LogP contribution in [0.2, 0.25) is 5.02 Å². The van der Waals surface area contributed by atoms with Crippen molar-refractivity contribution in [2.45, 2.75) is 13.2 Å². The molecule has 3 aromatic carbocycles. The zero-order valence-corrected chi connectivity index (χ0v) is 18.4. The largest absolute Gasteiger partial charge is 0.488 e. The van der Waals surface area contributed by atoms with Crippen molar-refractivity contribution in [3.8, 4) is 11.8 Å². The molecule has 0 saturated carbocycles. The first-order chi connectivity index (χ1) is 15.5. The Labute approximate surface area is 194 Å². The Morgan fingerprint density at radius 1 is 1.00 bits per heavy atom. The Morgan fingerprint density at radius 2 is 1.72 bits per heavy atom. The molecule has 0 spiro atoms. The third kappa shape index (κ3) is 4.86. The minimum absolute atomic E-state index is 0.183. The third-order valence-corrected chi connectivity index (χ3v) is 6.01. The van der Waals surface area contributed by atoms with E-state index in [2.05, 4.69) is 6.07 Å². The van der Waals surface area contributed by atoms with Gasteiger partial charge in [0.05, 0.1) is 23.1 Å². The van der Waals surface area contributed by atoms with Gasteiger partial charge >= 0.3 is 0 Å². The van der Waals surface area contributed by atoms with Crippen molar-refractivity contribution in [2.75, 3.05) is 0 Å². The van der Waals surface area contributed by atoms with Crippen LogP contribution in [0.1, 0.15) is 22.3 Å². The molecule has 1 saturated heterocycles. The van der Waals surface area contributed by atoms with Gasteiger partial charge in [0.1, 0.15) is 12.4 Å². The van der Waals surface area contributed by atoms with Gasteiger partial charge in [0, 0.05) is 16.1 Å². The fourth-order valence-corrected chi connectivity index (χ4v) is 4.15. The summed E-state index contributed by atoms with van der Waals surface area (Å²) in [6.45, 7) is 0.398. The number of benzene rings is 3. The van der Waals surface area contributed by atoms with E-state index in [-0.39, 0.29) is 24.3 Å². The van der Waals surface area contributed by atoms with Gasteiger partial charge in [0.25, 0.3) is 11.1 Å². The molecule has 3 aromatic rings. The number of ether oxygens (including phenoxy) is 1. The standard InChI is InChI=1S/C25H17ClN2O3S/c26-21-11-9-17(10-12-21)15-28-24(29)23(32-25(28)30)13-18-5-3-4-8-22(18)31-16-20-7-2-1-6-19(20)14-27/h1-13H,15-16H2/b23-13-. The Bertz CT molecular complexity index is 1250. The average molecular weight is 461 g/mol. The van der Waals surface area contributed by atoms with E-state index in [1.807, 2.05) is 30.3 Å². The van der Waals surface area contributed by atoms with Crippen LogP contribution in [-0.2, 0) is 17.9 Å². The van der Waals surface area contributed by atoms with E-state index in [0.29, 0.717) is 26.8 Å². The molecule has 2 amide bonds. The Balaban J connectivity index is 1.52. The number of imide groups is 1. The van der Waals surface area contributed by atoms with E-state index < -0.39 is 0 Å². The maximum Gasteiger partial charge on any atom is 0.293 e. The average Bonchev–Trinajstić information content (AvgIpc) is 3.07. The van der Waals surface area contributed by atoms with Crippen LogP contribution in [0.15, 0.2) is 77.7 Å². The molecule has 32 heavy (non-hydrogen) atoms. The predicted molar refractivity (Wildman–Crippen MR) is 125 cm³/mol. The number of para-hydroxylation sites is 1. The van der Waals surface area contributed by atoms with Gasteiger partial charge < -0.3 is 4.74 Å². The molecule has 5 nitrogen and oxygen atoms in total. The minimum Gasteiger partial charge on any atom is -0.488 e. The number of hydrogen-bond acceptors (Lipinski definition) is 5. The highest BCUT2D eigenvalue weighted by atomic mass is 35.5. The zero-order valence-electron chi connectivity index (χ0n) is 16.8. The molecule has 0 atom stereocenters. The van der Waals surface area contributed by atoms with Gasteiger partial charge in [-0.2, -0.15) is 5.26 Å². The van der Waals surface area contributed by atoms with Crippen LogP contribution in [0, 0.1) is 11.3 Å². The maximum absolute atomic E-state index is 12.9. The Morgan fingerprint density at radius 3 is 2.50 bits per heavy atom. The van der Waals surface area contributed by atoms with E-state index in [1.165, 1.54) is 4.90 Å². The van der Waals surface area contributed by atoms with Crippen LogP contribution < -0.4 is 4.74 Å². The molecular formula is C25H17ClN2O3S. The third-order valence-electron chi connectivity index (χ3n) is 4.85. The lowest BCUT2D eigenvalue weighted by atomic mass is 10.1. The van der Waals surface area contributed by atoms with Crippen molar-refractivity contribution in [1.82, 2.24) is 4.90 Å². The highest BCUT2D eigenvalue weighted by Gasteiger charge is 2.35. The van der Waals surface area contributed by atoms with E-state index in [9.17, 15) is 14.9 Å². The highest BCUT2D eigenvalue weighted by Crippen LogP contribution is 2.35. The molecule has 158 valence electrons. The Hall–Kier alpha value is -3.53.